The Labute approximate surface area is 191 Å². The van der Waals surface area contributed by atoms with Crippen molar-refractivity contribution in [3.05, 3.63) is 57.0 Å². The Balaban J connectivity index is 1.46. The van der Waals surface area contributed by atoms with Gasteiger partial charge in [-0.05, 0) is 77.3 Å². The highest BCUT2D eigenvalue weighted by atomic mass is 79.9. The molecule has 2 heterocycles. The number of benzene rings is 2. The average molecular weight is 506 g/mol. The number of aryl methyl sites for hydroxylation is 2. The summed E-state index contributed by atoms with van der Waals surface area (Å²) in [5.41, 5.74) is 3.76. The lowest BCUT2D eigenvalue weighted by molar-refractivity contribution is -0.113. The van der Waals surface area contributed by atoms with Crippen LogP contribution in [0.4, 0.5) is 5.69 Å². The molecule has 0 radical (unpaired) electrons. The SMILES string of the molecule is Cc1cc(Br)c(NC(=O)CSc2nnc(-c3cc4cc(Cl)ccc4o3)n2C)cc1C. The third kappa shape index (κ3) is 4.26. The number of nitrogens with zero attached hydrogens (tertiary/aromatic N) is 3. The quantitative estimate of drug-likeness (QED) is 0.337. The largest absolute Gasteiger partial charge is 0.453 e. The van der Waals surface area contributed by atoms with E-state index >= 15 is 0 Å². The molecule has 1 amide bonds. The van der Waals surface area contributed by atoms with Gasteiger partial charge in [-0.15, -0.1) is 10.2 Å². The number of carbonyl (C=O) groups is 1. The lowest BCUT2D eigenvalue weighted by Crippen LogP contribution is -2.15. The molecule has 6 nitrogen and oxygen atoms in total. The van der Waals surface area contributed by atoms with Crippen LogP contribution in [0.1, 0.15) is 11.1 Å². The summed E-state index contributed by atoms with van der Waals surface area (Å²) in [6.45, 7) is 4.04. The van der Waals surface area contributed by atoms with E-state index in [0.29, 0.717) is 21.8 Å². The van der Waals surface area contributed by atoms with E-state index in [1.807, 2.05) is 55.8 Å². The van der Waals surface area contributed by atoms with E-state index in [0.717, 1.165) is 32.3 Å². The lowest BCUT2D eigenvalue weighted by Gasteiger charge is -2.10. The smallest absolute Gasteiger partial charge is 0.234 e. The fraction of sp³-hybridized carbons (Fsp3) is 0.190. The van der Waals surface area contributed by atoms with E-state index in [1.54, 1.807) is 6.07 Å². The van der Waals surface area contributed by atoms with Crippen molar-refractivity contribution in [1.82, 2.24) is 14.8 Å². The lowest BCUT2D eigenvalue weighted by atomic mass is 10.1. The molecule has 0 fully saturated rings. The molecule has 4 aromatic rings. The van der Waals surface area contributed by atoms with E-state index in [2.05, 4.69) is 31.4 Å². The van der Waals surface area contributed by atoms with Crippen molar-refractivity contribution < 1.29 is 9.21 Å². The van der Waals surface area contributed by atoms with Gasteiger partial charge in [0.1, 0.15) is 5.58 Å². The summed E-state index contributed by atoms with van der Waals surface area (Å²) in [5.74, 6) is 1.27. The van der Waals surface area contributed by atoms with Crippen molar-refractivity contribution >= 4 is 61.9 Å². The normalized spacial score (nSPS) is 11.2. The van der Waals surface area contributed by atoms with Crippen LogP contribution in [0.25, 0.3) is 22.6 Å². The van der Waals surface area contributed by atoms with Crippen molar-refractivity contribution in [2.45, 2.75) is 19.0 Å². The van der Waals surface area contributed by atoms with Crippen molar-refractivity contribution in [3.8, 4) is 11.6 Å². The molecule has 30 heavy (non-hydrogen) atoms. The maximum Gasteiger partial charge on any atom is 0.234 e. The highest BCUT2D eigenvalue weighted by Crippen LogP contribution is 2.30. The summed E-state index contributed by atoms with van der Waals surface area (Å²) in [7, 11) is 1.84. The van der Waals surface area contributed by atoms with Crippen LogP contribution in [0, 0.1) is 13.8 Å². The minimum Gasteiger partial charge on any atom is -0.453 e. The number of halogens is 2. The van der Waals surface area contributed by atoms with Crippen LogP contribution in [0.2, 0.25) is 5.02 Å². The molecule has 0 unspecified atom stereocenters. The van der Waals surface area contributed by atoms with Gasteiger partial charge in [-0.1, -0.05) is 23.4 Å². The number of amides is 1. The van der Waals surface area contributed by atoms with Crippen LogP contribution < -0.4 is 5.32 Å². The van der Waals surface area contributed by atoms with Gasteiger partial charge in [0.25, 0.3) is 0 Å². The number of fused-ring (bicyclic) bond motifs is 1. The molecule has 1 N–H and O–H groups in total. The highest BCUT2D eigenvalue weighted by Gasteiger charge is 2.17. The number of hydrogen-bond donors (Lipinski definition) is 1. The Morgan fingerprint density at radius 3 is 2.77 bits per heavy atom. The Morgan fingerprint density at radius 1 is 1.20 bits per heavy atom. The van der Waals surface area contributed by atoms with Gasteiger partial charge in [-0.25, -0.2) is 0 Å². The summed E-state index contributed by atoms with van der Waals surface area (Å²) in [6, 6.07) is 11.3. The first-order valence-electron chi connectivity index (χ1n) is 9.10. The summed E-state index contributed by atoms with van der Waals surface area (Å²) < 4.78 is 8.53. The van der Waals surface area contributed by atoms with Crippen molar-refractivity contribution in [2.75, 3.05) is 11.1 Å². The molecule has 0 atom stereocenters. The first-order valence-corrected chi connectivity index (χ1v) is 11.3. The fourth-order valence-electron chi connectivity index (χ4n) is 2.97. The van der Waals surface area contributed by atoms with E-state index in [4.69, 9.17) is 16.0 Å². The molecule has 0 spiro atoms. The molecule has 2 aromatic heterocycles. The van der Waals surface area contributed by atoms with Gasteiger partial charge < -0.3 is 14.3 Å². The zero-order chi connectivity index (χ0) is 21.4. The Kier molecular flexibility index (Phi) is 5.90. The predicted octanol–water partition coefficient (Wildman–Crippen LogP) is 5.99. The Hall–Kier alpha value is -2.29. The fourth-order valence-corrected chi connectivity index (χ4v) is 4.42. The highest BCUT2D eigenvalue weighted by molar-refractivity contribution is 9.10. The van der Waals surface area contributed by atoms with Gasteiger partial charge in [0.05, 0.1) is 11.4 Å². The second-order valence-corrected chi connectivity index (χ2v) is 9.14. The van der Waals surface area contributed by atoms with E-state index < -0.39 is 0 Å². The Morgan fingerprint density at radius 2 is 1.97 bits per heavy atom. The molecular formula is C21H18BrClN4O2S. The first-order chi connectivity index (χ1) is 14.3. The standard InChI is InChI=1S/C21H18BrClN4O2S/c1-11-6-15(22)16(7-12(11)2)24-19(28)10-30-21-26-25-20(27(21)3)18-9-13-8-14(23)4-5-17(13)29-18/h4-9H,10H2,1-3H3,(H,24,28). The van der Waals surface area contributed by atoms with Gasteiger partial charge in [0, 0.05) is 21.9 Å². The van der Waals surface area contributed by atoms with Crippen LogP contribution in [0.3, 0.4) is 0 Å². The second-order valence-electron chi connectivity index (χ2n) is 6.91. The minimum atomic E-state index is -0.119. The maximum absolute atomic E-state index is 12.4. The zero-order valence-electron chi connectivity index (χ0n) is 16.5. The summed E-state index contributed by atoms with van der Waals surface area (Å²) in [6.07, 6.45) is 0. The van der Waals surface area contributed by atoms with E-state index in [9.17, 15) is 4.79 Å². The van der Waals surface area contributed by atoms with Crippen LogP contribution in [-0.2, 0) is 11.8 Å². The van der Waals surface area contributed by atoms with Crippen LogP contribution in [0.15, 0.2) is 50.4 Å². The van der Waals surface area contributed by atoms with Crippen molar-refractivity contribution in [3.63, 3.8) is 0 Å². The average Bonchev–Trinajstić information content (AvgIpc) is 3.27. The molecule has 0 aliphatic heterocycles. The summed E-state index contributed by atoms with van der Waals surface area (Å²) >= 11 is 10.9. The number of nitrogens with one attached hydrogen (secondary N) is 1. The number of furan rings is 1. The van der Waals surface area contributed by atoms with Gasteiger partial charge >= 0.3 is 0 Å². The molecule has 2 aromatic carbocycles. The van der Waals surface area contributed by atoms with Crippen LogP contribution in [0.5, 0.6) is 0 Å². The maximum atomic E-state index is 12.4. The third-order valence-electron chi connectivity index (χ3n) is 4.72. The first kappa shape index (κ1) is 21.0. The topological polar surface area (TPSA) is 73.0 Å². The predicted molar refractivity (Wildman–Crippen MR) is 124 cm³/mol. The number of aromatic nitrogens is 3. The number of thioether (sulfide) groups is 1. The zero-order valence-corrected chi connectivity index (χ0v) is 19.7. The van der Waals surface area contributed by atoms with Crippen molar-refractivity contribution in [1.29, 1.82) is 0 Å². The molecule has 4 rings (SSSR count). The number of hydrogen-bond acceptors (Lipinski definition) is 5. The summed E-state index contributed by atoms with van der Waals surface area (Å²) in [4.78, 5) is 12.4. The summed E-state index contributed by atoms with van der Waals surface area (Å²) in [5, 5.41) is 13.5. The van der Waals surface area contributed by atoms with Crippen LogP contribution in [-0.4, -0.2) is 26.4 Å². The van der Waals surface area contributed by atoms with E-state index in [1.165, 1.54) is 11.8 Å². The minimum absolute atomic E-state index is 0.119. The third-order valence-corrected chi connectivity index (χ3v) is 6.63. The Bertz CT molecular complexity index is 1270. The number of carbonyl (C=O) groups excluding carboxylic acids is 1. The second kappa shape index (κ2) is 8.45. The van der Waals surface area contributed by atoms with Crippen molar-refractivity contribution in [2.24, 2.45) is 7.05 Å². The van der Waals surface area contributed by atoms with Gasteiger partial charge in [0.2, 0.25) is 5.91 Å². The molecule has 0 aliphatic carbocycles. The molecule has 0 aliphatic rings. The molecule has 0 bridgehead atoms. The van der Waals surface area contributed by atoms with E-state index in [-0.39, 0.29) is 11.7 Å². The molecule has 0 saturated heterocycles. The van der Waals surface area contributed by atoms with Gasteiger partial charge in [-0.3, -0.25) is 4.79 Å². The number of rotatable bonds is 5. The monoisotopic (exact) mass is 504 g/mol. The van der Waals surface area contributed by atoms with Crippen LogP contribution >= 0.6 is 39.3 Å². The molecule has 154 valence electrons. The number of anilines is 1. The molecule has 0 saturated carbocycles. The molecule has 9 heteroatoms. The van der Waals surface area contributed by atoms with Gasteiger partial charge in [0.15, 0.2) is 16.7 Å². The molecular weight excluding hydrogens is 488 g/mol. The van der Waals surface area contributed by atoms with Gasteiger partial charge in [-0.2, -0.15) is 0 Å².